The lowest BCUT2D eigenvalue weighted by Crippen LogP contribution is -2.53. The van der Waals surface area contributed by atoms with E-state index in [1.807, 2.05) is 30.3 Å². The van der Waals surface area contributed by atoms with E-state index in [0.717, 1.165) is 44.5 Å². The second-order valence-electron chi connectivity index (χ2n) is 7.42. The summed E-state index contributed by atoms with van der Waals surface area (Å²) in [6, 6.07) is 10.4. The number of rotatable bonds is 4. The number of piperidine rings is 1. The molecule has 0 radical (unpaired) electrons. The third kappa shape index (κ3) is 2.51. The number of hydrogen-bond acceptors (Lipinski definition) is 3. The molecule has 4 rings (SSSR count). The first-order valence-electron chi connectivity index (χ1n) is 9.02. The Bertz CT molecular complexity index is 633. The van der Waals surface area contributed by atoms with Gasteiger partial charge in [0.05, 0.1) is 11.5 Å². The normalized spacial score (nSPS) is 27.4. The van der Waals surface area contributed by atoms with Gasteiger partial charge in [0.25, 0.3) is 0 Å². The highest BCUT2D eigenvalue weighted by atomic mass is 16.2. The summed E-state index contributed by atoms with van der Waals surface area (Å²) in [5, 5.41) is 0. The molecule has 0 aromatic heterocycles. The van der Waals surface area contributed by atoms with Crippen molar-refractivity contribution >= 4 is 11.8 Å². The Balaban J connectivity index is 1.47. The third-order valence-electron chi connectivity index (χ3n) is 6.09. The Morgan fingerprint density at radius 2 is 1.71 bits per heavy atom. The number of nitrogens with zero attached hydrogens (tertiary/aromatic N) is 2. The minimum atomic E-state index is -0.588. The number of likely N-dealkylation sites (tertiary alicyclic amines) is 2. The molecule has 2 amide bonds. The van der Waals surface area contributed by atoms with Crippen molar-refractivity contribution in [2.24, 2.45) is 5.73 Å². The van der Waals surface area contributed by atoms with Crippen LogP contribution in [0.1, 0.15) is 37.7 Å². The van der Waals surface area contributed by atoms with Gasteiger partial charge < -0.3 is 10.6 Å². The van der Waals surface area contributed by atoms with Gasteiger partial charge in [-0.3, -0.25) is 14.5 Å². The predicted octanol–water partition coefficient (Wildman–Crippen LogP) is 1.27. The van der Waals surface area contributed by atoms with Gasteiger partial charge in [0.2, 0.25) is 11.8 Å². The SMILES string of the molecule is NC(=O)C1(c2ccccc2)CCN(C2CCN(C3CC3)C2=O)CC1. The Labute approximate surface area is 142 Å². The van der Waals surface area contributed by atoms with E-state index in [2.05, 4.69) is 9.80 Å². The van der Waals surface area contributed by atoms with Crippen molar-refractivity contribution in [2.75, 3.05) is 19.6 Å². The van der Waals surface area contributed by atoms with Crippen LogP contribution in [0.4, 0.5) is 0 Å². The first-order chi connectivity index (χ1) is 11.6. The molecule has 1 saturated carbocycles. The maximum atomic E-state index is 12.6. The molecule has 128 valence electrons. The molecule has 0 bridgehead atoms. The smallest absolute Gasteiger partial charge is 0.240 e. The van der Waals surface area contributed by atoms with E-state index < -0.39 is 5.41 Å². The van der Waals surface area contributed by atoms with Crippen LogP contribution in [-0.4, -0.2) is 53.3 Å². The van der Waals surface area contributed by atoms with Gasteiger partial charge in [-0.05, 0) is 37.7 Å². The standard InChI is InChI=1S/C19H25N3O2/c20-18(24)19(14-4-2-1-3-5-14)9-12-21(13-10-19)16-8-11-22(17(16)23)15-6-7-15/h1-5,15-16H,6-13H2,(H2,20,24). The van der Waals surface area contributed by atoms with Crippen LogP contribution in [0.15, 0.2) is 30.3 Å². The summed E-state index contributed by atoms with van der Waals surface area (Å²) in [7, 11) is 0. The molecule has 1 unspecified atom stereocenters. The van der Waals surface area contributed by atoms with Crippen molar-refractivity contribution in [2.45, 2.75) is 49.6 Å². The zero-order chi connectivity index (χ0) is 16.7. The Morgan fingerprint density at radius 1 is 1.04 bits per heavy atom. The number of primary amides is 1. The van der Waals surface area contributed by atoms with E-state index in [9.17, 15) is 9.59 Å². The molecule has 1 aromatic rings. The lowest BCUT2D eigenvalue weighted by Gasteiger charge is -2.41. The molecule has 5 heteroatoms. The molecule has 2 saturated heterocycles. The van der Waals surface area contributed by atoms with E-state index in [-0.39, 0.29) is 11.9 Å². The monoisotopic (exact) mass is 327 g/mol. The summed E-state index contributed by atoms with van der Waals surface area (Å²) in [6.45, 7) is 2.41. The fourth-order valence-corrected chi connectivity index (χ4v) is 4.43. The molecule has 2 aliphatic heterocycles. The largest absolute Gasteiger partial charge is 0.369 e. The molecule has 1 atom stereocenters. The molecule has 0 spiro atoms. The van der Waals surface area contributed by atoms with Crippen molar-refractivity contribution < 1.29 is 9.59 Å². The molecule has 1 aliphatic carbocycles. The summed E-state index contributed by atoms with van der Waals surface area (Å²) in [6.07, 6.45) is 4.64. The van der Waals surface area contributed by atoms with Gasteiger partial charge in [0, 0.05) is 25.7 Å². The van der Waals surface area contributed by atoms with Crippen LogP contribution in [0.3, 0.4) is 0 Å². The zero-order valence-electron chi connectivity index (χ0n) is 14.0. The number of carbonyl (C=O) groups is 2. The molecule has 2 heterocycles. The fourth-order valence-electron chi connectivity index (χ4n) is 4.43. The summed E-state index contributed by atoms with van der Waals surface area (Å²) in [5.74, 6) is 0.0505. The quantitative estimate of drug-likeness (QED) is 0.905. The van der Waals surface area contributed by atoms with E-state index >= 15 is 0 Å². The topological polar surface area (TPSA) is 66.6 Å². The second-order valence-corrected chi connectivity index (χ2v) is 7.42. The van der Waals surface area contributed by atoms with Crippen molar-refractivity contribution in [1.82, 2.24) is 9.80 Å². The maximum absolute atomic E-state index is 12.6. The third-order valence-corrected chi connectivity index (χ3v) is 6.09. The molecule has 3 fully saturated rings. The fraction of sp³-hybridized carbons (Fsp3) is 0.579. The Kier molecular flexibility index (Phi) is 3.83. The summed E-state index contributed by atoms with van der Waals surface area (Å²) < 4.78 is 0. The van der Waals surface area contributed by atoms with E-state index in [1.54, 1.807) is 0 Å². The highest BCUT2D eigenvalue weighted by Gasteiger charge is 2.47. The van der Waals surface area contributed by atoms with Gasteiger partial charge in [-0.1, -0.05) is 30.3 Å². The van der Waals surface area contributed by atoms with Gasteiger partial charge in [-0.25, -0.2) is 0 Å². The van der Waals surface area contributed by atoms with E-state index in [4.69, 9.17) is 5.73 Å². The van der Waals surface area contributed by atoms with Gasteiger partial charge in [0.1, 0.15) is 0 Å². The molecule has 5 nitrogen and oxygen atoms in total. The van der Waals surface area contributed by atoms with Crippen molar-refractivity contribution in [3.05, 3.63) is 35.9 Å². The molecule has 2 N–H and O–H groups in total. The average Bonchev–Trinajstić information content (AvgIpc) is 3.38. The van der Waals surface area contributed by atoms with Gasteiger partial charge in [-0.2, -0.15) is 0 Å². The number of hydrogen-bond donors (Lipinski definition) is 1. The van der Waals surface area contributed by atoms with Gasteiger partial charge >= 0.3 is 0 Å². The molecule has 1 aromatic carbocycles. The summed E-state index contributed by atoms with van der Waals surface area (Å²) in [5.41, 5.74) is 6.22. The van der Waals surface area contributed by atoms with Crippen LogP contribution in [0, 0.1) is 0 Å². The average molecular weight is 327 g/mol. The summed E-state index contributed by atoms with van der Waals surface area (Å²) in [4.78, 5) is 29.2. The highest BCUT2D eigenvalue weighted by Crippen LogP contribution is 2.38. The first kappa shape index (κ1) is 15.6. The van der Waals surface area contributed by atoms with Gasteiger partial charge in [0.15, 0.2) is 0 Å². The lowest BCUT2D eigenvalue weighted by atomic mass is 9.72. The first-order valence-corrected chi connectivity index (χ1v) is 9.02. The number of benzene rings is 1. The Morgan fingerprint density at radius 3 is 2.29 bits per heavy atom. The van der Waals surface area contributed by atoms with Crippen LogP contribution in [-0.2, 0) is 15.0 Å². The van der Waals surface area contributed by atoms with Crippen molar-refractivity contribution in [3.63, 3.8) is 0 Å². The van der Waals surface area contributed by atoms with Crippen molar-refractivity contribution in [3.8, 4) is 0 Å². The number of nitrogens with two attached hydrogens (primary N) is 1. The molecular weight excluding hydrogens is 302 g/mol. The minimum absolute atomic E-state index is 0.00671. The number of amides is 2. The highest BCUT2D eigenvalue weighted by molar-refractivity contribution is 5.87. The van der Waals surface area contributed by atoms with Crippen LogP contribution in [0.2, 0.25) is 0 Å². The maximum Gasteiger partial charge on any atom is 0.240 e. The van der Waals surface area contributed by atoms with Crippen LogP contribution in [0.5, 0.6) is 0 Å². The molecule has 24 heavy (non-hydrogen) atoms. The van der Waals surface area contributed by atoms with E-state index in [0.29, 0.717) is 24.8 Å². The number of carbonyl (C=O) groups excluding carboxylic acids is 2. The van der Waals surface area contributed by atoms with Gasteiger partial charge in [-0.15, -0.1) is 0 Å². The second kappa shape index (κ2) is 5.88. The predicted molar refractivity (Wildman–Crippen MR) is 91.3 cm³/mol. The molecule has 3 aliphatic rings. The lowest BCUT2D eigenvalue weighted by molar-refractivity contribution is -0.133. The van der Waals surface area contributed by atoms with Crippen LogP contribution in [0.25, 0.3) is 0 Å². The van der Waals surface area contributed by atoms with Crippen molar-refractivity contribution in [1.29, 1.82) is 0 Å². The minimum Gasteiger partial charge on any atom is -0.369 e. The summed E-state index contributed by atoms with van der Waals surface area (Å²) >= 11 is 0. The molecular formula is C19H25N3O2. The zero-order valence-corrected chi connectivity index (χ0v) is 14.0. The Hall–Kier alpha value is -1.88. The van der Waals surface area contributed by atoms with Crippen LogP contribution >= 0.6 is 0 Å². The van der Waals surface area contributed by atoms with Crippen LogP contribution < -0.4 is 5.73 Å². The van der Waals surface area contributed by atoms with E-state index in [1.165, 1.54) is 0 Å².